The SMILES string of the molecule is CC(C)(O)c1cc2nn(C3CCC(C=O)CC3)cc2cc1NC(=O)c1cccc(S(F)(F)(F)(F)F)n1. The Morgan fingerprint density at radius 1 is 1.14 bits per heavy atom. The Hall–Kier alpha value is -3.06. The molecule has 13 heteroatoms. The minimum Gasteiger partial charge on any atom is -0.386 e. The summed E-state index contributed by atoms with van der Waals surface area (Å²) in [6, 6.07) is 4.81. The van der Waals surface area contributed by atoms with E-state index in [1.807, 2.05) is 0 Å². The maximum absolute atomic E-state index is 13.2. The second-order valence-electron chi connectivity index (χ2n) is 9.61. The van der Waals surface area contributed by atoms with Crippen LogP contribution in [-0.4, -0.2) is 32.1 Å². The third-order valence-electron chi connectivity index (χ3n) is 6.23. The summed E-state index contributed by atoms with van der Waals surface area (Å²) >= 11 is 0. The van der Waals surface area contributed by atoms with Crippen molar-refractivity contribution in [3.8, 4) is 0 Å². The van der Waals surface area contributed by atoms with Gasteiger partial charge in [-0.3, -0.25) is 9.48 Å². The average Bonchev–Trinajstić information content (AvgIpc) is 3.19. The highest BCUT2D eigenvalue weighted by atomic mass is 32.5. The van der Waals surface area contributed by atoms with Gasteiger partial charge in [0.25, 0.3) is 5.91 Å². The Labute approximate surface area is 203 Å². The monoisotopic (exact) mass is 532 g/mol. The lowest BCUT2D eigenvalue weighted by molar-refractivity contribution is -0.112. The molecule has 2 aromatic heterocycles. The average molecular weight is 533 g/mol. The highest BCUT2D eigenvalue weighted by Crippen LogP contribution is 3.01. The summed E-state index contributed by atoms with van der Waals surface area (Å²) in [4.78, 5) is 26.6. The fraction of sp³-hybridized carbons (Fsp3) is 0.391. The topological polar surface area (TPSA) is 97.1 Å². The molecule has 0 spiro atoms. The van der Waals surface area contributed by atoms with E-state index >= 15 is 0 Å². The molecule has 7 nitrogen and oxygen atoms in total. The van der Waals surface area contributed by atoms with Gasteiger partial charge in [0.05, 0.1) is 17.2 Å². The van der Waals surface area contributed by atoms with Gasteiger partial charge in [-0.05, 0) is 63.8 Å². The molecular weight excluding hydrogens is 507 g/mol. The third kappa shape index (κ3) is 5.51. The molecule has 0 aliphatic heterocycles. The second-order valence-corrected chi connectivity index (χ2v) is 12.0. The summed E-state index contributed by atoms with van der Waals surface area (Å²) in [7, 11) is -10.1. The number of carbonyl (C=O) groups is 2. The quantitative estimate of drug-likeness (QED) is 0.279. The number of nitrogens with one attached hydrogen (secondary N) is 1. The molecule has 1 aliphatic carbocycles. The van der Waals surface area contributed by atoms with Gasteiger partial charge in [-0.1, -0.05) is 25.5 Å². The van der Waals surface area contributed by atoms with Crippen molar-refractivity contribution < 1.29 is 34.1 Å². The Kier molecular flexibility index (Phi) is 5.76. The molecule has 1 aliphatic rings. The van der Waals surface area contributed by atoms with Gasteiger partial charge >= 0.3 is 10.2 Å². The van der Waals surface area contributed by atoms with E-state index in [2.05, 4.69) is 15.4 Å². The van der Waals surface area contributed by atoms with Crippen molar-refractivity contribution in [2.45, 2.75) is 56.2 Å². The molecule has 2 heterocycles. The van der Waals surface area contributed by atoms with Gasteiger partial charge in [-0.25, -0.2) is 4.98 Å². The summed E-state index contributed by atoms with van der Waals surface area (Å²) in [5, 5.41) is 15.8. The lowest BCUT2D eigenvalue weighted by atomic mass is 9.87. The number of anilines is 1. The maximum Gasteiger partial charge on any atom is 0.325 e. The lowest BCUT2D eigenvalue weighted by Gasteiger charge is -2.39. The molecule has 0 radical (unpaired) electrons. The van der Waals surface area contributed by atoms with Crippen LogP contribution >= 0.6 is 10.2 Å². The first-order valence-electron chi connectivity index (χ1n) is 11.2. The highest BCUT2D eigenvalue weighted by molar-refractivity contribution is 8.45. The number of aliphatic hydroxyl groups is 1. The van der Waals surface area contributed by atoms with Crippen LogP contribution in [0, 0.1) is 5.92 Å². The fourth-order valence-electron chi connectivity index (χ4n) is 4.33. The van der Waals surface area contributed by atoms with Gasteiger partial charge in [-0.15, -0.1) is 0 Å². The first kappa shape index (κ1) is 26.0. The maximum atomic E-state index is 13.2. The normalized spacial score (nSPS) is 21.0. The van der Waals surface area contributed by atoms with Crippen molar-refractivity contribution in [2.75, 3.05) is 5.32 Å². The van der Waals surface area contributed by atoms with Crippen LogP contribution in [0.25, 0.3) is 10.9 Å². The molecule has 4 rings (SSSR count). The summed E-state index contributed by atoms with van der Waals surface area (Å²) in [6.07, 6.45) is 5.71. The van der Waals surface area contributed by atoms with Gasteiger partial charge in [0.15, 0.2) is 5.03 Å². The third-order valence-corrected chi connectivity index (χ3v) is 7.25. The molecule has 0 unspecified atom stereocenters. The smallest absolute Gasteiger partial charge is 0.325 e. The van der Waals surface area contributed by atoms with E-state index in [0.29, 0.717) is 17.0 Å². The largest absolute Gasteiger partial charge is 0.386 e. The van der Waals surface area contributed by atoms with Gasteiger partial charge in [0.1, 0.15) is 12.0 Å². The summed E-state index contributed by atoms with van der Waals surface area (Å²) < 4.78 is 67.6. The van der Waals surface area contributed by atoms with E-state index in [1.165, 1.54) is 19.9 Å². The molecule has 36 heavy (non-hydrogen) atoms. The van der Waals surface area contributed by atoms with E-state index in [1.54, 1.807) is 16.9 Å². The molecule has 1 aromatic carbocycles. The molecule has 196 valence electrons. The minimum absolute atomic E-state index is 0.0288. The standard InChI is InChI=1S/C23H25F5N4O3S/c1-23(2,35)17-11-19-15(12-32(31-19)16-8-6-14(13-33)7-9-16)10-20(17)30-22(34)18-4-3-5-21(29-18)36(24,25,26,27)28/h3-5,10-14,16,35H,6-9H2,1-2H3,(H,30,34). The number of nitrogens with zero attached hydrogens (tertiary/aromatic N) is 3. The van der Waals surface area contributed by atoms with Crippen LogP contribution in [0.1, 0.15) is 61.6 Å². The van der Waals surface area contributed by atoms with Crippen molar-refractivity contribution in [2.24, 2.45) is 5.92 Å². The van der Waals surface area contributed by atoms with Crippen LogP contribution in [0.5, 0.6) is 0 Å². The minimum atomic E-state index is -10.1. The molecular formula is C23H25F5N4O3S. The first-order valence-corrected chi connectivity index (χ1v) is 13.1. The Morgan fingerprint density at radius 3 is 2.39 bits per heavy atom. The second kappa shape index (κ2) is 7.97. The number of rotatable bonds is 6. The van der Waals surface area contributed by atoms with Gasteiger partial charge in [0.2, 0.25) is 0 Å². The number of hydrogen-bond acceptors (Lipinski definition) is 5. The lowest BCUT2D eigenvalue weighted by Crippen LogP contribution is -2.22. The number of carbonyl (C=O) groups excluding carboxylic acids is 2. The number of aromatic nitrogens is 3. The Morgan fingerprint density at radius 2 is 1.81 bits per heavy atom. The number of fused-ring (bicyclic) bond motifs is 1. The van der Waals surface area contributed by atoms with E-state index in [9.17, 15) is 34.1 Å². The number of amides is 1. The van der Waals surface area contributed by atoms with Crippen molar-refractivity contribution in [3.05, 3.63) is 47.8 Å². The highest BCUT2D eigenvalue weighted by Gasteiger charge is 2.67. The zero-order valence-electron chi connectivity index (χ0n) is 19.4. The molecule has 0 atom stereocenters. The van der Waals surface area contributed by atoms with Crippen molar-refractivity contribution in [1.82, 2.24) is 14.8 Å². The number of pyridine rings is 1. The van der Waals surface area contributed by atoms with Crippen LogP contribution < -0.4 is 5.32 Å². The van der Waals surface area contributed by atoms with E-state index < -0.39 is 32.5 Å². The van der Waals surface area contributed by atoms with Crippen LogP contribution in [0.2, 0.25) is 0 Å². The van der Waals surface area contributed by atoms with E-state index in [0.717, 1.165) is 38.0 Å². The van der Waals surface area contributed by atoms with Crippen LogP contribution in [0.3, 0.4) is 0 Å². The number of halogens is 5. The zero-order chi connectivity index (χ0) is 26.6. The number of hydrogen-bond donors (Lipinski definition) is 2. The van der Waals surface area contributed by atoms with Crippen molar-refractivity contribution in [3.63, 3.8) is 0 Å². The fourth-order valence-corrected chi connectivity index (χ4v) is 4.94. The predicted octanol–water partition coefficient (Wildman–Crippen LogP) is 6.50. The molecule has 1 amide bonds. The van der Waals surface area contributed by atoms with Gasteiger partial charge < -0.3 is 15.2 Å². The first-order chi connectivity index (χ1) is 16.4. The zero-order valence-corrected chi connectivity index (χ0v) is 20.2. The van der Waals surface area contributed by atoms with Crippen LogP contribution in [0.4, 0.5) is 25.1 Å². The summed E-state index contributed by atoms with van der Waals surface area (Å²) in [6.45, 7) is 2.91. The Balaban J connectivity index is 1.68. The van der Waals surface area contributed by atoms with Crippen molar-refractivity contribution >= 4 is 39.0 Å². The van der Waals surface area contributed by atoms with E-state index in [-0.39, 0.29) is 29.3 Å². The number of benzene rings is 1. The summed E-state index contributed by atoms with van der Waals surface area (Å²) in [5.41, 5.74) is -1.53. The molecule has 3 aromatic rings. The van der Waals surface area contributed by atoms with Crippen molar-refractivity contribution in [1.29, 1.82) is 0 Å². The molecule has 0 saturated heterocycles. The molecule has 1 saturated carbocycles. The van der Waals surface area contributed by atoms with Crippen LogP contribution in [-0.2, 0) is 10.4 Å². The van der Waals surface area contributed by atoms with E-state index in [4.69, 9.17) is 0 Å². The molecule has 2 N–H and O–H groups in total. The van der Waals surface area contributed by atoms with Gasteiger partial charge in [0, 0.05) is 28.8 Å². The molecule has 0 bridgehead atoms. The Bertz CT molecular complexity index is 1340. The summed E-state index contributed by atoms with van der Waals surface area (Å²) in [5.74, 6) is -1.12. The number of aldehydes is 1. The van der Waals surface area contributed by atoms with Gasteiger partial charge in [-0.2, -0.15) is 5.10 Å². The predicted molar refractivity (Wildman–Crippen MR) is 126 cm³/mol. The van der Waals surface area contributed by atoms with Crippen LogP contribution in [0.15, 0.2) is 41.6 Å². The molecule has 1 fully saturated rings.